The highest BCUT2D eigenvalue weighted by molar-refractivity contribution is 5.76. The van der Waals surface area contributed by atoms with Crippen LogP contribution in [-0.4, -0.2) is 47.4 Å². The third-order valence-corrected chi connectivity index (χ3v) is 14.2. The van der Waals surface area contributed by atoms with Crippen molar-refractivity contribution >= 4 is 11.9 Å². The largest absolute Gasteiger partial charge is 0.466 e. The van der Waals surface area contributed by atoms with Crippen LogP contribution < -0.4 is 5.32 Å². The molecule has 0 rings (SSSR count). The minimum Gasteiger partial charge on any atom is -0.466 e. The smallest absolute Gasteiger partial charge is 0.305 e. The first-order chi connectivity index (χ1) is 33.5. The standard InChI is InChI=1S/C62H119NO5/c1-3-5-7-9-11-13-15-17-19-21-23-24-25-26-28-29-31-33-35-38-42-46-50-54-60(65)59(58-64)63-61(66)55-51-47-43-39-37-41-45-49-53-57-68-62(67)56-52-48-44-40-36-34-32-30-27-22-20-18-16-14-12-10-8-6-4-2/h39,43,50,54,59-60,64-65H,3-38,40-42,44-49,51-53,55-58H2,1-2H3,(H,63,66)/b43-39-,54-50+. The fourth-order valence-electron chi connectivity index (χ4n) is 9.52. The van der Waals surface area contributed by atoms with Gasteiger partial charge in [-0.3, -0.25) is 9.59 Å². The maximum atomic E-state index is 12.5. The van der Waals surface area contributed by atoms with E-state index in [1.165, 1.54) is 238 Å². The fourth-order valence-corrected chi connectivity index (χ4v) is 9.52. The molecule has 0 aliphatic carbocycles. The molecule has 2 atom stereocenters. The quantitative estimate of drug-likeness (QED) is 0.0321. The van der Waals surface area contributed by atoms with Gasteiger partial charge < -0.3 is 20.3 Å². The van der Waals surface area contributed by atoms with Gasteiger partial charge in [0.1, 0.15) is 0 Å². The number of rotatable bonds is 57. The summed E-state index contributed by atoms with van der Waals surface area (Å²) in [6, 6.07) is -0.666. The molecule has 0 spiro atoms. The molecule has 0 aromatic rings. The minimum absolute atomic E-state index is 0.0324. The molecule has 0 bridgehead atoms. The maximum Gasteiger partial charge on any atom is 0.305 e. The van der Waals surface area contributed by atoms with Gasteiger partial charge in [-0.1, -0.05) is 295 Å². The fraction of sp³-hybridized carbons (Fsp3) is 0.903. The number of unbranched alkanes of at least 4 members (excludes halogenated alkanes) is 44. The molecule has 0 aromatic carbocycles. The molecule has 0 aromatic heterocycles. The van der Waals surface area contributed by atoms with Crippen molar-refractivity contribution in [1.82, 2.24) is 5.32 Å². The van der Waals surface area contributed by atoms with Crippen molar-refractivity contribution in [2.24, 2.45) is 0 Å². The second-order valence-electron chi connectivity index (χ2n) is 21.0. The lowest BCUT2D eigenvalue weighted by molar-refractivity contribution is -0.143. The minimum atomic E-state index is -0.876. The van der Waals surface area contributed by atoms with Crippen molar-refractivity contribution in [3.8, 4) is 0 Å². The average molecular weight is 959 g/mol. The van der Waals surface area contributed by atoms with Gasteiger partial charge in [-0.15, -0.1) is 0 Å². The first-order valence-corrected chi connectivity index (χ1v) is 30.6. The lowest BCUT2D eigenvalue weighted by Crippen LogP contribution is -2.45. The molecular formula is C62H119NO5. The van der Waals surface area contributed by atoms with Crippen LogP contribution in [0.5, 0.6) is 0 Å². The molecule has 6 nitrogen and oxygen atoms in total. The number of nitrogens with one attached hydrogen (secondary N) is 1. The summed E-state index contributed by atoms with van der Waals surface area (Å²) in [6.07, 6.45) is 70.8. The van der Waals surface area contributed by atoms with Crippen LogP contribution in [0.15, 0.2) is 24.3 Å². The summed E-state index contributed by atoms with van der Waals surface area (Å²) in [5.41, 5.74) is 0. The number of ether oxygens (including phenoxy) is 1. The Bertz CT molecular complexity index is 1060. The van der Waals surface area contributed by atoms with E-state index in [9.17, 15) is 19.8 Å². The summed E-state index contributed by atoms with van der Waals surface area (Å²) in [5, 5.41) is 23.1. The van der Waals surface area contributed by atoms with Crippen LogP contribution in [-0.2, 0) is 14.3 Å². The number of allylic oxidation sites excluding steroid dienone is 3. The number of aliphatic hydroxyl groups is 2. The molecule has 0 fully saturated rings. The van der Waals surface area contributed by atoms with Crippen LogP contribution in [0.1, 0.15) is 335 Å². The van der Waals surface area contributed by atoms with E-state index in [0.717, 1.165) is 70.6 Å². The van der Waals surface area contributed by atoms with Crippen molar-refractivity contribution in [3.63, 3.8) is 0 Å². The molecule has 0 heterocycles. The van der Waals surface area contributed by atoms with E-state index in [1.807, 2.05) is 6.08 Å². The molecule has 68 heavy (non-hydrogen) atoms. The first-order valence-electron chi connectivity index (χ1n) is 30.6. The Kier molecular flexibility index (Phi) is 56.5. The summed E-state index contributed by atoms with van der Waals surface area (Å²) in [7, 11) is 0. The Labute approximate surface area is 424 Å². The zero-order chi connectivity index (χ0) is 49.3. The Morgan fingerprint density at radius 3 is 1.07 bits per heavy atom. The zero-order valence-electron chi connectivity index (χ0n) is 45.9. The number of hydrogen-bond acceptors (Lipinski definition) is 5. The maximum absolute atomic E-state index is 12.5. The highest BCUT2D eigenvalue weighted by Crippen LogP contribution is 2.18. The summed E-state index contributed by atoms with van der Waals surface area (Å²) < 4.78 is 5.47. The molecule has 1 amide bonds. The Morgan fingerprint density at radius 2 is 0.706 bits per heavy atom. The van der Waals surface area contributed by atoms with Gasteiger partial charge >= 0.3 is 5.97 Å². The number of hydrogen-bond donors (Lipinski definition) is 3. The molecule has 0 saturated heterocycles. The molecule has 0 saturated carbocycles. The molecular weight excluding hydrogens is 839 g/mol. The summed E-state index contributed by atoms with van der Waals surface area (Å²) in [6.45, 7) is 4.84. The van der Waals surface area contributed by atoms with E-state index in [4.69, 9.17) is 4.74 Å². The monoisotopic (exact) mass is 958 g/mol. The van der Waals surface area contributed by atoms with Crippen LogP contribution in [0.25, 0.3) is 0 Å². The van der Waals surface area contributed by atoms with Crippen LogP contribution in [0.4, 0.5) is 0 Å². The Morgan fingerprint density at radius 1 is 0.397 bits per heavy atom. The van der Waals surface area contributed by atoms with Gasteiger partial charge in [0, 0.05) is 12.8 Å². The summed E-state index contributed by atoms with van der Waals surface area (Å²) >= 11 is 0. The number of carbonyl (C=O) groups is 2. The predicted molar refractivity (Wildman–Crippen MR) is 296 cm³/mol. The van der Waals surface area contributed by atoms with Gasteiger partial charge in [-0.05, 0) is 51.4 Å². The third kappa shape index (κ3) is 53.7. The van der Waals surface area contributed by atoms with Gasteiger partial charge in [0.05, 0.1) is 25.4 Å². The molecule has 0 aliphatic heterocycles. The number of aliphatic hydroxyl groups excluding tert-OH is 2. The number of amides is 1. The van der Waals surface area contributed by atoms with Gasteiger partial charge in [-0.25, -0.2) is 0 Å². The van der Waals surface area contributed by atoms with Crippen molar-refractivity contribution in [2.75, 3.05) is 13.2 Å². The van der Waals surface area contributed by atoms with E-state index in [0.29, 0.717) is 19.4 Å². The van der Waals surface area contributed by atoms with Gasteiger partial charge in [0.15, 0.2) is 0 Å². The molecule has 402 valence electrons. The van der Waals surface area contributed by atoms with Crippen LogP contribution in [0.2, 0.25) is 0 Å². The topological polar surface area (TPSA) is 95.9 Å². The molecule has 0 aliphatic rings. The predicted octanol–water partition coefficient (Wildman–Crippen LogP) is 19.0. The number of carbonyl (C=O) groups excluding carboxylic acids is 2. The first kappa shape index (κ1) is 66.3. The van der Waals surface area contributed by atoms with Crippen LogP contribution in [0.3, 0.4) is 0 Å². The SMILES string of the molecule is CCCCCCCCCCCCCCCCCCCCCCC/C=C/C(O)C(CO)NC(=O)CCC/C=C\CCCCCCOC(=O)CCCCCCCCCCCCCCCCCCCCC. The van der Waals surface area contributed by atoms with E-state index < -0.39 is 12.1 Å². The second-order valence-corrected chi connectivity index (χ2v) is 21.0. The lowest BCUT2D eigenvalue weighted by Gasteiger charge is -2.19. The normalized spacial score (nSPS) is 12.7. The van der Waals surface area contributed by atoms with Gasteiger partial charge in [-0.2, -0.15) is 0 Å². The Balaban J connectivity index is 3.52. The average Bonchev–Trinajstić information content (AvgIpc) is 3.34. The summed E-state index contributed by atoms with van der Waals surface area (Å²) in [4.78, 5) is 24.6. The Hall–Kier alpha value is -1.66. The van der Waals surface area contributed by atoms with E-state index >= 15 is 0 Å². The summed E-state index contributed by atoms with van der Waals surface area (Å²) in [5.74, 6) is -0.157. The van der Waals surface area contributed by atoms with Crippen molar-refractivity contribution < 1.29 is 24.5 Å². The molecule has 0 radical (unpaired) electrons. The van der Waals surface area contributed by atoms with Crippen molar-refractivity contribution in [3.05, 3.63) is 24.3 Å². The van der Waals surface area contributed by atoms with Crippen LogP contribution >= 0.6 is 0 Å². The van der Waals surface area contributed by atoms with E-state index in [1.54, 1.807) is 6.08 Å². The van der Waals surface area contributed by atoms with Crippen molar-refractivity contribution in [2.45, 2.75) is 347 Å². The number of esters is 1. The molecule has 6 heteroatoms. The van der Waals surface area contributed by atoms with Gasteiger partial charge in [0.2, 0.25) is 5.91 Å². The molecule has 2 unspecified atom stereocenters. The second kappa shape index (κ2) is 57.9. The molecule has 3 N–H and O–H groups in total. The van der Waals surface area contributed by atoms with Crippen molar-refractivity contribution in [1.29, 1.82) is 0 Å². The van der Waals surface area contributed by atoms with E-state index in [-0.39, 0.29) is 18.5 Å². The highest BCUT2D eigenvalue weighted by atomic mass is 16.5. The lowest BCUT2D eigenvalue weighted by atomic mass is 10.0. The van der Waals surface area contributed by atoms with E-state index in [2.05, 4.69) is 31.3 Å². The third-order valence-electron chi connectivity index (χ3n) is 14.2. The van der Waals surface area contributed by atoms with Gasteiger partial charge in [0.25, 0.3) is 0 Å². The van der Waals surface area contributed by atoms with Crippen LogP contribution in [0, 0.1) is 0 Å². The zero-order valence-corrected chi connectivity index (χ0v) is 45.9. The highest BCUT2D eigenvalue weighted by Gasteiger charge is 2.18.